The van der Waals surface area contributed by atoms with Crippen LogP contribution in [0.3, 0.4) is 0 Å². The summed E-state index contributed by atoms with van der Waals surface area (Å²) < 4.78 is 0. The van der Waals surface area contributed by atoms with Crippen molar-refractivity contribution in [3.8, 4) is 0 Å². The van der Waals surface area contributed by atoms with Crippen molar-refractivity contribution in [2.45, 2.75) is 6.42 Å². The summed E-state index contributed by atoms with van der Waals surface area (Å²) in [5, 5.41) is 3.05. The van der Waals surface area contributed by atoms with E-state index in [0.717, 1.165) is 6.42 Å². The maximum absolute atomic E-state index is 3.05. The highest BCUT2D eigenvalue weighted by Crippen LogP contribution is 2.19. The van der Waals surface area contributed by atoms with Crippen molar-refractivity contribution in [1.29, 1.82) is 0 Å². The third-order valence-electron chi connectivity index (χ3n) is 1.70. The van der Waals surface area contributed by atoms with E-state index in [-0.39, 0.29) is 0 Å². The lowest BCUT2D eigenvalue weighted by Gasteiger charge is -2.11. The summed E-state index contributed by atoms with van der Waals surface area (Å²) in [5.74, 6) is 0. The van der Waals surface area contributed by atoms with Gasteiger partial charge in [0.1, 0.15) is 0 Å². The van der Waals surface area contributed by atoms with Crippen LogP contribution in [0.25, 0.3) is 0 Å². The van der Waals surface area contributed by atoms with E-state index in [2.05, 4.69) is 29.6 Å². The lowest BCUT2D eigenvalue weighted by Crippen LogP contribution is -2.03. The Labute approximate surface area is 60.4 Å². The highest BCUT2D eigenvalue weighted by atomic mass is 14.8. The van der Waals surface area contributed by atoms with Gasteiger partial charge < -0.3 is 5.32 Å². The molecule has 1 N–H and O–H groups in total. The Morgan fingerprint density at radius 2 is 2.20 bits per heavy atom. The number of hydrogen-bond donors (Lipinski definition) is 1. The molecule has 2 aliphatic rings. The summed E-state index contributed by atoms with van der Waals surface area (Å²) in [5.41, 5.74) is 2.62. The van der Waals surface area contributed by atoms with E-state index >= 15 is 0 Å². The Kier molecular flexibility index (Phi) is 1.21. The molecule has 1 heteroatoms. The summed E-state index contributed by atoms with van der Waals surface area (Å²) >= 11 is 0. The minimum absolute atomic E-state index is 1.07. The van der Waals surface area contributed by atoms with Crippen molar-refractivity contribution in [3.05, 3.63) is 47.9 Å². The minimum Gasteiger partial charge on any atom is -0.367 e. The summed E-state index contributed by atoms with van der Waals surface area (Å²) in [6.45, 7) is 0. The molecule has 0 aromatic carbocycles. The van der Waals surface area contributed by atoms with Gasteiger partial charge in [-0.1, -0.05) is 18.2 Å². The predicted octanol–water partition coefficient (Wildman–Crippen LogP) is 1.87. The SMILES string of the molecule is C1=CC2=CNC=CC2=CC1. The number of allylic oxidation sites excluding steroid dienone is 6. The summed E-state index contributed by atoms with van der Waals surface area (Å²) in [6, 6.07) is 0. The monoisotopic (exact) mass is 131 g/mol. The normalized spacial score (nSPS) is 20.8. The van der Waals surface area contributed by atoms with Gasteiger partial charge in [0.2, 0.25) is 0 Å². The molecule has 1 nitrogen and oxygen atoms in total. The summed E-state index contributed by atoms with van der Waals surface area (Å²) in [7, 11) is 0. The molecule has 0 atom stereocenters. The van der Waals surface area contributed by atoms with Crippen LogP contribution in [-0.2, 0) is 0 Å². The first-order valence-electron chi connectivity index (χ1n) is 3.47. The smallest absolute Gasteiger partial charge is 0.00833 e. The van der Waals surface area contributed by atoms with Crippen LogP contribution in [0, 0.1) is 0 Å². The Morgan fingerprint density at radius 1 is 1.20 bits per heavy atom. The van der Waals surface area contributed by atoms with Crippen LogP contribution in [0.4, 0.5) is 0 Å². The second-order valence-corrected chi connectivity index (χ2v) is 2.40. The maximum Gasteiger partial charge on any atom is 0.00833 e. The zero-order valence-electron chi connectivity index (χ0n) is 5.67. The molecule has 50 valence electrons. The van der Waals surface area contributed by atoms with Crippen molar-refractivity contribution in [2.24, 2.45) is 0 Å². The average molecular weight is 131 g/mol. The van der Waals surface area contributed by atoms with Crippen LogP contribution >= 0.6 is 0 Å². The van der Waals surface area contributed by atoms with Crippen LogP contribution in [0.5, 0.6) is 0 Å². The van der Waals surface area contributed by atoms with Crippen LogP contribution in [0.1, 0.15) is 6.42 Å². The van der Waals surface area contributed by atoms with Gasteiger partial charge in [-0.05, 0) is 23.6 Å². The Hall–Kier alpha value is -1.24. The molecule has 0 unspecified atom stereocenters. The molecule has 0 aromatic rings. The minimum atomic E-state index is 1.07. The highest BCUT2D eigenvalue weighted by molar-refractivity contribution is 5.50. The third-order valence-corrected chi connectivity index (χ3v) is 1.70. The molecule has 0 amide bonds. The van der Waals surface area contributed by atoms with Crippen LogP contribution in [0.15, 0.2) is 47.9 Å². The first-order chi connectivity index (χ1) is 4.97. The topological polar surface area (TPSA) is 12.0 Å². The van der Waals surface area contributed by atoms with Gasteiger partial charge >= 0.3 is 0 Å². The van der Waals surface area contributed by atoms with Gasteiger partial charge in [-0.15, -0.1) is 0 Å². The molecule has 0 spiro atoms. The molecular weight excluding hydrogens is 122 g/mol. The standard InChI is InChI=1S/C9H9N/c1-2-4-9-7-10-6-5-8(9)3-1/h2-7,10H,1H2. The zero-order valence-corrected chi connectivity index (χ0v) is 5.67. The van der Waals surface area contributed by atoms with Crippen molar-refractivity contribution >= 4 is 0 Å². The van der Waals surface area contributed by atoms with Gasteiger partial charge in [-0.3, -0.25) is 0 Å². The first kappa shape index (κ1) is 5.54. The predicted molar refractivity (Wildman–Crippen MR) is 42.2 cm³/mol. The molecular formula is C9H9N. The molecule has 2 rings (SSSR count). The number of fused-ring (bicyclic) bond motifs is 1. The average Bonchev–Trinajstić information content (AvgIpc) is 2.05. The first-order valence-corrected chi connectivity index (χ1v) is 3.47. The fourth-order valence-corrected chi connectivity index (χ4v) is 1.18. The van der Waals surface area contributed by atoms with Gasteiger partial charge in [-0.25, -0.2) is 0 Å². The molecule has 0 saturated carbocycles. The summed E-state index contributed by atoms with van der Waals surface area (Å²) in [6.07, 6.45) is 13.7. The number of nitrogens with one attached hydrogen (secondary N) is 1. The third kappa shape index (κ3) is 0.798. The molecule has 0 aromatic heterocycles. The van der Waals surface area contributed by atoms with Gasteiger partial charge in [-0.2, -0.15) is 0 Å². The van der Waals surface area contributed by atoms with Crippen LogP contribution < -0.4 is 5.32 Å². The fourth-order valence-electron chi connectivity index (χ4n) is 1.18. The van der Waals surface area contributed by atoms with E-state index in [9.17, 15) is 0 Å². The van der Waals surface area contributed by atoms with Crippen molar-refractivity contribution in [2.75, 3.05) is 0 Å². The Bertz CT molecular complexity index is 226. The number of rotatable bonds is 0. The molecule has 0 radical (unpaired) electrons. The van der Waals surface area contributed by atoms with E-state index < -0.39 is 0 Å². The number of hydrogen-bond acceptors (Lipinski definition) is 1. The molecule has 1 aliphatic carbocycles. The Morgan fingerprint density at radius 3 is 3.10 bits per heavy atom. The van der Waals surface area contributed by atoms with E-state index in [1.54, 1.807) is 0 Å². The quantitative estimate of drug-likeness (QED) is 0.529. The van der Waals surface area contributed by atoms with Crippen molar-refractivity contribution in [3.63, 3.8) is 0 Å². The van der Waals surface area contributed by atoms with Gasteiger partial charge in [0.05, 0.1) is 0 Å². The zero-order chi connectivity index (χ0) is 6.81. The maximum atomic E-state index is 3.05. The number of dihydropyridines is 1. The lowest BCUT2D eigenvalue weighted by atomic mass is 9.99. The molecule has 0 saturated heterocycles. The fraction of sp³-hybridized carbons (Fsp3) is 0.111. The second kappa shape index (κ2) is 2.18. The molecule has 0 fully saturated rings. The van der Waals surface area contributed by atoms with E-state index in [0.29, 0.717) is 0 Å². The van der Waals surface area contributed by atoms with Crippen molar-refractivity contribution in [1.82, 2.24) is 5.32 Å². The lowest BCUT2D eigenvalue weighted by molar-refractivity contribution is 1.12. The molecule has 10 heavy (non-hydrogen) atoms. The van der Waals surface area contributed by atoms with Gasteiger partial charge in [0, 0.05) is 12.4 Å². The van der Waals surface area contributed by atoms with Crippen molar-refractivity contribution < 1.29 is 0 Å². The molecule has 1 aliphatic heterocycles. The Balaban J connectivity index is 2.38. The van der Waals surface area contributed by atoms with E-state index in [1.807, 2.05) is 12.4 Å². The van der Waals surface area contributed by atoms with E-state index in [1.165, 1.54) is 11.1 Å². The van der Waals surface area contributed by atoms with Gasteiger partial charge in [0.25, 0.3) is 0 Å². The van der Waals surface area contributed by atoms with Gasteiger partial charge in [0.15, 0.2) is 0 Å². The van der Waals surface area contributed by atoms with E-state index in [4.69, 9.17) is 0 Å². The van der Waals surface area contributed by atoms with Crippen LogP contribution in [-0.4, -0.2) is 0 Å². The van der Waals surface area contributed by atoms with Crippen LogP contribution in [0.2, 0.25) is 0 Å². The second-order valence-electron chi connectivity index (χ2n) is 2.40. The highest BCUT2D eigenvalue weighted by Gasteiger charge is 2.03. The largest absolute Gasteiger partial charge is 0.367 e. The molecule has 1 heterocycles. The molecule has 0 bridgehead atoms. The summed E-state index contributed by atoms with van der Waals surface area (Å²) in [4.78, 5) is 0.